The molecule has 0 bridgehead atoms. The van der Waals surface area contributed by atoms with Gasteiger partial charge in [0.05, 0.1) is 18.2 Å². The highest BCUT2D eigenvalue weighted by atomic mass is 35.5. The van der Waals surface area contributed by atoms with E-state index in [2.05, 4.69) is 15.1 Å². The fourth-order valence-corrected chi connectivity index (χ4v) is 1.78. The molecule has 1 aromatic heterocycles. The minimum absolute atomic E-state index is 0.411. The molecule has 0 saturated heterocycles. The molecule has 1 aliphatic carbocycles. The van der Waals surface area contributed by atoms with Crippen LogP contribution in [0.4, 0.5) is 5.82 Å². The summed E-state index contributed by atoms with van der Waals surface area (Å²) in [5.41, 5.74) is 0.813. The average molecular weight is 242 g/mol. The van der Waals surface area contributed by atoms with Gasteiger partial charge in [0.2, 0.25) is 0 Å². The van der Waals surface area contributed by atoms with Gasteiger partial charge in [0.15, 0.2) is 5.82 Å². The van der Waals surface area contributed by atoms with Crippen molar-refractivity contribution in [1.82, 2.24) is 10.2 Å². The van der Waals surface area contributed by atoms with Crippen molar-refractivity contribution in [3.05, 3.63) is 17.8 Å². The zero-order valence-corrected chi connectivity index (χ0v) is 10.2. The van der Waals surface area contributed by atoms with E-state index in [0.717, 1.165) is 24.7 Å². The highest BCUT2D eigenvalue weighted by molar-refractivity contribution is 6.16. The zero-order valence-electron chi connectivity index (χ0n) is 9.40. The van der Waals surface area contributed by atoms with Crippen LogP contribution < -0.4 is 4.90 Å². The summed E-state index contributed by atoms with van der Waals surface area (Å²) in [5, 5.41) is 8.27. The van der Waals surface area contributed by atoms with Gasteiger partial charge in [-0.25, -0.2) is 0 Å². The van der Waals surface area contributed by atoms with E-state index in [0.29, 0.717) is 11.9 Å². The highest BCUT2D eigenvalue weighted by Gasteiger charge is 2.29. The van der Waals surface area contributed by atoms with E-state index < -0.39 is 0 Å². The van der Waals surface area contributed by atoms with Crippen LogP contribution in [-0.4, -0.2) is 36.5 Å². The number of hydrogen-bond donors (Lipinski definition) is 0. The van der Waals surface area contributed by atoms with Crippen LogP contribution in [0.15, 0.2) is 12.1 Å². The molecule has 5 heteroatoms. The third kappa shape index (κ3) is 2.83. The lowest BCUT2D eigenvalue weighted by atomic mass is 10.4. The molecule has 0 amide bonds. The lowest BCUT2D eigenvalue weighted by Gasteiger charge is -2.22. The zero-order chi connectivity index (χ0) is 11.4. The topological polar surface area (TPSA) is 38.2 Å². The fraction of sp³-hybridized carbons (Fsp3) is 0.636. The molecular formula is C11H16ClN3O. The monoisotopic (exact) mass is 241 g/mol. The van der Waals surface area contributed by atoms with Crippen molar-refractivity contribution in [2.75, 3.05) is 25.2 Å². The molecular weight excluding hydrogens is 226 g/mol. The molecule has 0 unspecified atom stereocenters. The molecule has 0 spiro atoms. The molecule has 2 rings (SSSR count). The van der Waals surface area contributed by atoms with Crippen molar-refractivity contribution in [1.29, 1.82) is 0 Å². The normalized spacial score (nSPS) is 15.1. The van der Waals surface area contributed by atoms with E-state index in [1.807, 2.05) is 12.1 Å². The summed E-state index contributed by atoms with van der Waals surface area (Å²) in [4.78, 5) is 2.26. The Morgan fingerprint density at radius 1 is 1.44 bits per heavy atom. The van der Waals surface area contributed by atoms with Gasteiger partial charge in [-0.3, -0.25) is 0 Å². The molecule has 0 atom stereocenters. The highest BCUT2D eigenvalue weighted by Crippen LogP contribution is 2.29. The number of rotatable bonds is 6. The molecule has 88 valence electrons. The summed E-state index contributed by atoms with van der Waals surface area (Å²) >= 11 is 5.68. The number of alkyl halides is 1. The van der Waals surface area contributed by atoms with Crippen LogP contribution in [0.2, 0.25) is 0 Å². The number of methoxy groups -OCH3 is 1. The molecule has 1 fully saturated rings. The van der Waals surface area contributed by atoms with Crippen LogP contribution in [0.3, 0.4) is 0 Å². The number of hydrogen-bond acceptors (Lipinski definition) is 4. The minimum atomic E-state index is 0.411. The van der Waals surface area contributed by atoms with Gasteiger partial charge in [0.25, 0.3) is 0 Å². The lowest BCUT2D eigenvalue weighted by molar-refractivity contribution is 0.204. The van der Waals surface area contributed by atoms with Gasteiger partial charge in [-0.2, -0.15) is 5.10 Å². The van der Waals surface area contributed by atoms with Crippen molar-refractivity contribution in [2.24, 2.45) is 0 Å². The Bertz CT molecular complexity index is 327. The van der Waals surface area contributed by atoms with Gasteiger partial charge in [0.1, 0.15) is 0 Å². The Balaban J connectivity index is 2.05. The molecule has 1 aromatic rings. The molecule has 1 aliphatic rings. The van der Waals surface area contributed by atoms with Crippen LogP contribution >= 0.6 is 11.6 Å². The van der Waals surface area contributed by atoms with Crippen LogP contribution in [0.25, 0.3) is 0 Å². The predicted molar refractivity (Wildman–Crippen MR) is 63.8 cm³/mol. The predicted octanol–water partition coefficient (Wildman–Crippen LogP) is 1.83. The maximum atomic E-state index is 5.68. The van der Waals surface area contributed by atoms with E-state index in [1.54, 1.807) is 7.11 Å². The molecule has 1 heterocycles. The Kier molecular flexibility index (Phi) is 3.96. The number of aromatic nitrogens is 2. The summed E-state index contributed by atoms with van der Waals surface area (Å²) < 4.78 is 5.11. The summed E-state index contributed by atoms with van der Waals surface area (Å²) in [7, 11) is 1.72. The Morgan fingerprint density at radius 2 is 2.25 bits per heavy atom. The van der Waals surface area contributed by atoms with Gasteiger partial charge >= 0.3 is 0 Å². The van der Waals surface area contributed by atoms with Crippen LogP contribution in [0, 0.1) is 0 Å². The van der Waals surface area contributed by atoms with E-state index in [-0.39, 0.29) is 0 Å². The van der Waals surface area contributed by atoms with Crippen molar-refractivity contribution in [2.45, 2.75) is 24.8 Å². The minimum Gasteiger partial charge on any atom is -0.383 e. The van der Waals surface area contributed by atoms with E-state index >= 15 is 0 Å². The molecule has 0 N–H and O–H groups in total. The molecule has 4 nitrogen and oxygen atoms in total. The number of anilines is 1. The van der Waals surface area contributed by atoms with Crippen LogP contribution in [-0.2, 0) is 10.6 Å². The molecule has 1 saturated carbocycles. The molecule has 0 radical (unpaired) electrons. The van der Waals surface area contributed by atoms with Gasteiger partial charge in [-0.15, -0.1) is 16.7 Å². The second-order valence-corrected chi connectivity index (χ2v) is 4.20. The van der Waals surface area contributed by atoms with Gasteiger partial charge < -0.3 is 9.64 Å². The summed E-state index contributed by atoms with van der Waals surface area (Å²) in [5.74, 6) is 1.34. The van der Waals surface area contributed by atoms with Crippen LogP contribution in [0.5, 0.6) is 0 Å². The summed E-state index contributed by atoms with van der Waals surface area (Å²) in [6.07, 6.45) is 2.48. The van der Waals surface area contributed by atoms with Crippen molar-refractivity contribution < 1.29 is 4.74 Å². The first-order valence-electron chi connectivity index (χ1n) is 5.49. The molecule has 0 aromatic carbocycles. The first-order valence-corrected chi connectivity index (χ1v) is 6.02. The quantitative estimate of drug-likeness (QED) is 0.713. The third-order valence-electron chi connectivity index (χ3n) is 2.66. The summed E-state index contributed by atoms with van der Waals surface area (Å²) in [6.45, 7) is 1.59. The Morgan fingerprint density at radius 3 is 2.75 bits per heavy atom. The van der Waals surface area contributed by atoms with Crippen molar-refractivity contribution >= 4 is 17.4 Å². The number of ether oxygens (including phenoxy) is 1. The smallest absolute Gasteiger partial charge is 0.151 e. The van der Waals surface area contributed by atoms with E-state index in [9.17, 15) is 0 Å². The SMILES string of the molecule is COCCN(c1ccc(CCl)nn1)C1CC1. The van der Waals surface area contributed by atoms with Gasteiger partial charge in [-0.05, 0) is 25.0 Å². The molecule has 0 aliphatic heterocycles. The first-order chi connectivity index (χ1) is 7.85. The number of halogens is 1. The Hall–Kier alpha value is -0.870. The third-order valence-corrected chi connectivity index (χ3v) is 2.93. The van der Waals surface area contributed by atoms with Crippen LogP contribution in [0.1, 0.15) is 18.5 Å². The molecule has 16 heavy (non-hydrogen) atoms. The first kappa shape index (κ1) is 11.6. The summed E-state index contributed by atoms with van der Waals surface area (Å²) in [6, 6.07) is 4.53. The van der Waals surface area contributed by atoms with E-state index in [4.69, 9.17) is 16.3 Å². The van der Waals surface area contributed by atoms with Gasteiger partial charge in [0, 0.05) is 19.7 Å². The fourth-order valence-electron chi connectivity index (χ4n) is 1.64. The maximum absolute atomic E-state index is 5.68. The standard InChI is InChI=1S/C11H16ClN3O/c1-16-7-6-15(10-3-4-10)11-5-2-9(8-12)13-14-11/h2,5,10H,3-4,6-8H2,1H3. The van der Waals surface area contributed by atoms with Gasteiger partial charge in [-0.1, -0.05) is 0 Å². The largest absolute Gasteiger partial charge is 0.383 e. The second-order valence-electron chi connectivity index (χ2n) is 3.93. The van der Waals surface area contributed by atoms with Crippen molar-refractivity contribution in [3.8, 4) is 0 Å². The van der Waals surface area contributed by atoms with E-state index in [1.165, 1.54) is 12.8 Å². The van der Waals surface area contributed by atoms with Crippen molar-refractivity contribution in [3.63, 3.8) is 0 Å². The number of nitrogens with zero attached hydrogens (tertiary/aromatic N) is 3. The maximum Gasteiger partial charge on any atom is 0.151 e. The average Bonchev–Trinajstić information content (AvgIpc) is 3.15. The lowest BCUT2D eigenvalue weighted by Crippen LogP contribution is -2.30. The second kappa shape index (κ2) is 5.46. The Labute approximate surface area is 101 Å².